The SMILES string of the molecule is CCN(CC)c1ccc(/C=N/N2CCN(Cc3ccccc3Cl)CC2)c(O)c1. The number of benzene rings is 2. The van der Waals surface area contributed by atoms with Crippen molar-refractivity contribution in [3.8, 4) is 5.75 Å². The molecule has 0 radical (unpaired) electrons. The summed E-state index contributed by atoms with van der Waals surface area (Å²) in [5, 5.41) is 17.8. The number of phenols is 1. The minimum absolute atomic E-state index is 0.269. The Bertz CT molecular complexity index is 799. The van der Waals surface area contributed by atoms with E-state index in [2.05, 4.69) is 39.8 Å². The van der Waals surface area contributed by atoms with Crippen LogP contribution in [0.3, 0.4) is 0 Å². The van der Waals surface area contributed by atoms with E-state index >= 15 is 0 Å². The Labute approximate surface area is 172 Å². The Balaban J connectivity index is 1.54. The minimum Gasteiger partial charge on any atom is -0.507 e. The summed E-state index contributed by atoms with van der Waals surface area (Å²) in [4.78, 5) is 4.60. The van der Waals surface area contributed by atoms with E-state index in [0.29, 0.717) is 0 Å². The van der Waals surface area contributed by atoms with E-state index in [-0.39, 0.29) is 5.75 Å². The van der Waals surface area contributed by atoms with Gasteiger partial charge in [0.15, 0.2) is 0 Å². The molecule has 0 aromatic heterocycles. The molecule has 0 amide bonds. The van der Waals surface area contributed by atoms with Gasteiger partial charge in [-0.2, -0.15) is 5.10 Å². The molecule has 1 N–H and O–H groups in total. The lowest BCUT2D eigenvalue weighted by molar-refractivity contribution is 0.131. The average molecular weight is 401 g/mol. The van der Waals surface area contributed by atoms with Crippen LogP contribution in [0, 0.1) is 0 Å². The number of phenolic OH excluding ortho intramolecular Hbond substituents is 1. The summed E-state index contributed by atoms with van der Waals surface area (Å²) in [5.41, 5.74) is 2.95. The van der Waals surface area contributed by atoms with Gasteiger partial charge >= 0.3 is 0 Å². The van der Waals surface area contributed by atoms with Gasteiger partial charge in [-0.3, -0.25) is 9.91 Å². The minimum atomic E-state index is 0.269. The highest BCUT2D eigenvalue weighted by molar-refractivity contribution is 6.31. The number of rotatable bonds is 7. The fourth-order valence-electron chi connectivity index (χ4n) is 3.45. The first-order chi connectivity index (χ1) is 13.6. The number of piperazine rings is 1. The fraction of sp³-hybridized carbons (Fsp3) is 0.409. The van der Waals surface area contributed by atoms with Crippen LogP contribution in [-0.2, 0) is 6.54 Å². The van der Waals surface area contributed by atoms with Gasteiger partial charge in [-0.05, 0) is 37.6 Å². The normalized spacial score (nSPS) is 15.3. The van der Waals surface area contributed by atoms with Gasteiger partial charge in [0, 0.05) is 68.2 Å². The maximum atomic E-state index is 10.3. The predicted molar refractivity (Wildman–Crippen MR) is 118 cm³/mol. The summed E-state index contributed by atoms with van der Waals surface area (Å²) in [7, 11) is 0. The number of hydrogen-bond acceptors (Lipinski definition) is 5. The zero-order valence-corrected chi connectivity index (χ0v) is 17.4. The van der Waals surface area contributed by atoms with Crippen molar-refractivity contribution < 1.29 is 5.11 Å². The monoisotopic (exact) mass is 400 g/mol. The van der Waals surface area contributed by atoms with Gasteiger partial charge < -0.3 is 10.0 Å². The molecule has 6 heteroatoms. The molecule has 2 aromatic carbocycles. The van der Waals surface area contributed by atoms with E-state index in [1.165, 1.54) is 5.56 Å². The van der Waals surface area contributed by atoms with E-state index in [9.17, 15) is 5.11 Å². The third-order valence-electron chi connectivity index (χ3n) is 5.20. The molecule has 5 nitrogen and oxygen atoms in total. The van der Waals surface area contributed by atoms with Gasteiger partial charge in [-0.25, -0.2) is 0 Å². The van der Waals surface area contributed by atoms with E-state index in [1.807, 2.05) is 36.4 Å². The maximum Gasteiger partial charge on any atom is 0.126 e. The Morgan fingerprint density at radius 1 is 1.07 bits per heavy atom. The quantitative estimate of drug-likeness (QED) is 0.712. The van der Waals surface area contributed by atoms with Gasteiger partial charge in [-0.15, -0.1) is 0 Å². The second-order valence-electron chi connectivity index (χ2n) is 6.98. The van der Waals surface area contributed by atoms with Crippen molar-refractivity contribution in [2.75, 3.05) is 44.2 Å². The first kappa shape index (κ1) is 20.5. The zero-order valence-electron chi connectivity index (χ0n) is 16.7. The highest BCUT2D eigenvalue weighted by atomic mass is 35.5. The molecule has 150 valence electrons. The first-order valence-electron chi connectivity index (χ1n) is 9.93. The molecule has 28 heavy (non-hydrogen) atoms. The molecule has 1 fully saturated rings. The van der Waals surface area contributed by atoms with Crippen molar-refractivity contribution in [1.82, 2.24) is 9.91 Å². The van der Waals surface area contributed by atoms with Crippen LogP contribution >= 0.6 is 11.6 Å². The van der Waals surface area contributed by atoms with Gasteiger partial charge in [0.1, 0.15) is 5.75 Å². The zero-order chi connectivity index (χ0) is 19.9. The molecular weight excluding hydrogens is 372 g/mol. The summed E-state index contributed by atoms with van der Waals surface area (Å²) in [5.74, 6) is 0.269. The lowest BCUT2D eigenvalue weighted by Crippen LogP contribution is -2.43. The van der Waals surface area contributed by atoms with Crippen molar-refractivity contribution in [2.24, 2.45) is 5.10 Å². The van der Waals surface area contributed by atoms with Crippen molar-refractivity contribution in [3.63, 3.8) is 0 Å². The standard InChI is InChI=1S/C22H29ClN4O/c1-3-26(4-2)20-10-9-18(22(28)15-20)16-24-27-13-11-25(12-14-27)17-19-7-5-6-8-21(19)23/h5-10,15-16,28H,3-4,11-14,17H2,1-2H3/b24-16+. The summed E-state index contributed by atoms with van der Waals surface area (Å²) < 4.78 is 0. The molecule has 1 aliphatic heterocycles. The third-order valence-corrected chi connectivity index (χ3v) is 5.57. The molecule has 1 saturated heterocycles. The third kappa shape index (κ3) is 5.18. The average Bonchev–Trinajstić information content (AvgIpc) is 2.71. The van der Waals surface area contributed by atoms with Gasteiger partial charge in [-0.1, -0.05) is 29.8 Å². The van der Waals surface area contributed by atoms with Crippen LogP contribution < -0.4 is 4.90 Å². The summed E-state index contributed by atoms with van der Waals surface area (Å²) >= 11 is 6.27. The van der Waals surface area contributed by atoms with Crippen LogP contribution in [-0.4, -0.2) is 60.5 Å². The van der Waals surface area contributed by atoms with Crippen LogP contribution in [0.1, 0.15) is 25.0 Å². The number of aromatic hydroxyl groups is 1. The smallest absolute Gasteiger partial charge is 0.126 e. The molecule has 1 aliphatic rings. The lowest BCUT2D eigenvalue weighted by Gasteiger charge is -2.33. The van der Waals surface area contributed by atoms with Gasteiger partial charge in [0.2, 0.25) is 0 Å². The molecule has 3 rings (SSSR count). The first-order valence-corrected chi connectivity index (χ1v) is 10.3. The summed E-state index contributed by atoms with van der Waals surface area (Å²) in [6.45, 7) is 10.5. The van der Waals surface area contributed by atoms with Crippen LogP contribution in [0.15, 0.2) is 47.6 Å². The van der Waals surface area contributed by atoms with Crippen molar-refractivity contribution in [1.29, 1.82) is 0 Å². The lowest BCUT2D eigenvalue weighted by atomic mass is 10.2. The Morgan fingerprint density at radius 3 is 2.43 bits per heavy atom. The van der Waals surface area contributed by atoms with Crippen molar-refractivity contribution in [2.45, 2.75) is 20.4 Å². The predicted octanol–water partition coefficient (Wildman–Crippen LogP) is 4.04. The second-order valence-corrected chi connectivity index (χ2v) is 7.39. The Hall–Kier alpha value is -2.24. The number of hydrogen-bond donors (Lipinski definition) is 1. The molecule has 0 atom stereocenters. The number of nitrogens with zero attached hydrogens (tertiary/aromatic N) is 4. The van der Waals surface area contributed by atoms with Gasteiger partial charge in [0.25, 0.3) is 0 Å². The number of hydrazone groups is 1. The van der Waals surface area contributed by atoms with E-state index < -0.39 is 0 Å². The van der Waals surface area contributed by atoms with E-state index in [1.54, 1.807) is 6.21 Å². The number of anilines is 1. The highest BCUT2D eigenvalue weighted by Gasteiger charge is 2.16. The molecule has 2 aromatic rings. The largest absolute Gasteiger partial charge is 0.507 e. The molecule has 0 spiro atoms. The molecule has 0 aliphatic carbocycles. The highest BCUT2D eigenvalue weighted by Crippen LogP contribution is 2.24. The van der Waals surface area contributed by atoms with Crippen LogP contribution in [0.5, 0.6) is 5.75 Å². The molecule has 0 saturated carbocycles. The summed E-state index contributed by atoms with van der Waals surface area (Å²) in [6.07, 6.45) is 1.76. The van der Waals surface area contributed by atoms with Crippen LogP contribution in [0.25, 0.3) is 0 Å². The molecule has 0 unspecified atom stereocenters. The molecular formula is C22H29ClN4O. The van der Waals surface area contributed by atoms with Gasteiger partial charge in [0.05, 0.1) is 6.21 Å². The number of halogens is 1. The van der Waals surface area contributed by atoms with E-state index in [0.717, 1.165) is 62.1 Å². The van der Waals surface area contributed by atoms with Crippen LogP contribution in [0.2, 0.25) is 5.02 Å². The Morgan fingerprint density at radius 2 is 1.79 bits per heavy atom. The maximum absolute atomic E-state index is 10.3. The fourth-order valence-corrected chi connectivity index (χ4v) is 3.64. The van der Waals surface area contributed by atoms with Crippen LogP contribution in [0.4, 0.5) is 5.69 Å². The van der Waals surface area contributed by atoms with E-state index in [4.69, 9.17) is 11.6 Å². The summed E-state index contributed by atoms with van der Waals surface area (Å²) in [6, 6.07) is 13.8. The molecule has 1 heterocycles. The van der Waals surface area contributed by atoms with Crippen molar-refractivity contribution >= 4 is 23.5 Å². The molecule has 0 bridgehead atoms. The second kappa shape index (κ2) is 9.80. The topological polar surface area (TPSA) is 42.3 Å². The Kier molecular flexibility index (Phi) is 7.18. The van der Waals surface area contributed by atoms with Crippen molar-refractivity contribution in [3.05, 3.63) is 58.6 Å².